The van der Waals surface area contributed by atoms with Crippen LogP contribution in [0.5, 0.6) is 0 Å². The number of fused-ring (bicyclic) bond motifs is 1. The highest BCUT2D eigenvalue weighted by molar-refractivity contribution is 6.42. The summed E-state index contributed by atoms with van der Waals surface area (Å²) < 4.78 is 23.2. The molecule has 0 unspecified atom stereocenters. The van der Waals surface area contributed by atoms with Crippen molar-refractivity contribution in [1.29, 1.82) is 0 Å². The molecule has 0 spiro atoms. The van der Waals surface area contributed by atoms with Crippen molar-refractivity contribution in [1.82, 2.24) is 9.55 Å². The average molecular weight is 480 g/mol. The molecule has 1 aromatic carbocycles. The lowest BCUT2D eigenvalue weighted by molar-refractivity contribution is -0.239. The van der Waals surface area contributed by atoms with E-state index in [4.69, 9.17) is 53.8 Å². The van der Waals surface area contributed by atoms with Gasteiger partial charge in [-0.15, -0.1) is 0 Å². The highest BCUT2D eigenvalue weighted by atomic mass is 35.5. The maximum atomic E-state index is 11.8. The number of ether oxygens (including phenoxy) is 4. The van der Waals surface area contributed by atoms with Crippen LogP contribution in [0.25, 0.3) is 11.0 Å². The molecule has 0 saturated carbocycles. The van der Waals surface area contributed by atoms with Gasteiger partial charge in [0.25, 0.3) is 0 Å². The Morgan fingerprint density at radius 1 is 0.967 bits per heavy atom. The highest BCUT2D eigenvalue weighted by Crippen LogP contribution is 2.37. The van der Waals surface area contributed by atoms with Gasteiger partial charge in [-0.1, -0.05) is 23.2 Å². The third kappa shape index (κ3) is 4.64. The smallest absolute Gasteiger partial charge is 0.303 e. The lowest BCUT2D eigenvalue weighted by Gasteiger charge is -2.41. The van der Waals surface area contributed by atoms with Crippen LogP contribution in [0.1, 0.15) is 27.0 Å². The number of carbonyl (C=O) groups is 3. The van der Waals surface area contributed by atoms with Crippen LogP contribution in [-0.2, 0) is 33.3 Å². The zero-order valence-corrected chi connectivity index (χ0v) is 18.3. The second-order valence-corrected chi connectivity index (χ2v) is 7.68. The van der Waals surface area contributed by atoms with Crippen LogP contribution in [0, 0.1) is 0 Å². The Labute approximate surface area is 186 Å². The van der Waals surface area contributed by atoms with Gasteiger partial charge in [0.05, 0.1) is 27.7 Å². The highest BCUT2D eigenvalue weighted by Gasteiger charge is 2.48. The lowest BCUT2D eigenvalue weighted by atomic mass is 10.0. The van der Waals surface area contributed by atoms with E-state index >= 15 is 0 Å². The number of nitrogens with zero attached hydrogens (tertiary/aromatic N) is 2. The van der Waals surface area contributed by atoms with Crippen LogP contribution in [0.15, 0.2) is 12.1 Å². The van der Waals surface area contributed by atoms with E-state index in [1.807, 2.05) is 0 Å². The van der Waals surface area contributed by atoms with E-state index in [2.05, 4.69) is 4.98 Å². The van der Waals surface area contributed by atoms with Crippen molar-refractivity contribution in [3.8, 4) is 0 Å². The number of halogens is 3. The number of hydrogen-bond donors (Lipinski definition) is 0. The van der Waals surface area contributed by atoms with Gasteiger partial charge in [-0.3, -0.25) is 19.0 Å². The summed E-state index contributed by atoms with van der Waals surface area (Å²) in [5.41, 5.74) is 0.870. The average Bonchev–Trinajstić information content (AvgIpc) is 2.92. The first kappa shape index (κ1) is 22.6. The fourth-order valence-corrected chi connectivity index (χ4v) is 3.84. The second-order valence-electron chi connectivity index (χ2n) is 6.53. The Bertz CT molecular complexity index is 1010. The molecule has 0 N–H and O–H groups in total. The number of rotatable bonds is 4. The fourth-order valence-electron chi connectivity index (χ4n) is 3.25. The van der Waals surface area contributed by atoms with E-state index < -0.39 is 42.4 Å². The van der Waals surface area contributed by atoms with Crippen LogP contribution in [0.4, 0.5) is 0 Å². The van der Waals surface area contributed by atoms with Crippen LogP contribution in [0.3, 0.4) is 0 Å². The largest absolute Gasteiger partial charge is 0.456 e. The Balaban J connectivity index is 2.11. The van der Waals surface area contributed by atoms with Gasteiger partial charge in [0, 0.05) is 20.8 Å². The second kappa shape index (κ2) is 8.97. The summed E-state index contributed by atoms with van der Waals surface area (Å²) in [4.78, 5) is 39.2. The molecule has 30 heavy (non-hydrogen) atoms. The monoisotopic (exact) mass is 478 g/mol. The van der Waals surface area contributed by atoms with Gasteiger partial charge in [-0.25, -0.2) is 4.98 Å². The van der Waals surface area contributed by atoms with E-state index in [-0.39, 0.29) is 21.9 Å². The molecular formula is C18H17Cl3N2O7. The Kier molecular flexibility index (Phi) is 6.76. The normalized spacial score (nSPS) is 23.8. The summed E-state index contributed by atoms with van der Waals surface area (Å²) in [6.45, 7) is 3.41. The first-order chi connectivity index (χ1) is 14.1. The number of hydrogen-bond acceptors (Lipinski definition) is 8. The molecule has 3 rings (SSSR count). The van der Waals surface area contributed by atoms with Crippen molar-refractivity contribution < 1.29 is 33.3 Å². The molecule has 1 saturated heterocycles. The van der Waals surface area contributed by atoms with E-state index in [1.54, 1.807) is 0 Å². The van der Waals surface area contributed by atoms with Gasteiger partial charge >= 0.3 is 17.9 Å². The number of esters is 3. The van der Waals surface area contributed by atoms with Crippen molar-refractivity contribution in [2.45, 2.75) is 45.3 Å². The summed E-state index contributed by atoms with van der Waals surface area (Å²) in [6.07, 6.45) is -4.41. The first-order valence-electron chi connectivity index (χ1n) is 8.74. The summed E-state index contributed by atoms with van der Waals surface area (Å²) in [7, 11) is 0. The predicted octanol–water partition coefficient (Wildman–Crippen LogP) is 3.32. The molecule has 2 heterocycles. The van der Waals surface area contributed by atoms with E-state index in [9.17, 15) is 14.4 Å². The molecule has 0 bridgehead atoms. The molecule has 0 aliphatic carbocycles. The van der Waals surface area contributed by atoms with Crippen molar-refractivity contribution in [2.75, 3.05) is 6.61 Å². The van der Waals surface area contributed by atoms with Crippen molar-refractivity contribution in [3.63, 3.8) is 0 Å². The molecule has 4 atom stereocenters. The minimum absolute atomic E-state index is 0.00185. The van der Waals surface area contributed by atoms with E-state index in [1.165, 1.54) is 37.5 Å². The minimum atomic E-state index is -1.20. The standard InChI is InChI=1S/C18H17Cl3N2O7/c1-7(24)28-14-6-27-17(16(30-9(3)26)15(14)29-8(2)25)23-13-5-11(20)10(19)4-12(13)22-18(23)21/h4-5,14-17H,6H2,1-3H3/t14-,15+,16+,17-/m1/s1. The van der Waals surface area contributed by atoms with Gasteiger partial charge in [0.15, 0.2) is 24.5 Å². The number of benzene rings is 1. The maximum absolute atomic E-state index is 11.8. The molecule has 1 aliphatic rings. The van der Waals surface area contributed by atoms with E-state index in [0.717, 1.165) is 0 Å². The van der Waals surface area contributed by atoms with Crippen LogP contribution >= 0.6 is 34.8 Å². The molecule has 2 aromatic rings. The molecule has 12 heteroatoms. The molecule has 1 fully saturated rings. The Morgan fingerprint density at radius 3 is 2.13 bits per heavy atom. The van der Waals surface area contributed by atoms with Gasteiger partial charge in [0.2, 0.25) is 5.28 Å². The van der Waals surface area contributed by atoms with Crippen LogP contribution < -0.4 is 0 Å². The first-order valence-corrected chi connectivity index (χ1v) is 9.87. The molecule has 0 amide bonds. The summed E-state index contributed by atoms with van der Waals surface area (Å²) >= 11 is 18.5. The predicted molar refractivity (Wildman–Crippen MR) is 106 cm³/mol. The summed E-state index contributed by atoms with van der Waals surface area (Å²) in [5.74, 6) is -1.95. The Hall–Kier alpha value is -2.07. The zero-order chi connectivity index (χ0) is 22.2. The zero-order valence-electron chi connectivity index (χ0n) is 16.1. The molecule has 0 radical (unpaired) electrons. The van der Waals surface area contributed by atoms with Gasteiger partial charge in [0.1, 0.15) is 0 Å². The topological polar surface area (TPSA) is 106 Å². The maximum Gasteiger partial charge on any atom is 0.303 e. The van der Waals surface area contributed by atoms with Gasteiger partial charge < -0.3 is 18.9 Å². The van der Waals surface area contributed by atoms with Gasteiger partial charge in [-0.2, -0.15) is 0 Å². The SMILES string of the molecule is CC(=O)O[C@@H]1[C@H](OC(C)=O)[C@H](n2c(Cl)nc3cc(Cl)c(Cl)cc32)OC[C@H]1OC(C)=O. The van der Waals surface area contributed by atoms with Crippen molar-refractivity contribution in [2.24, 2.45) is 0 Å². The van der Waals surface area contributed by atoms with Crippen LogP contribution in [0.2, 0.25) is 15.3 Å². The number of aromatic nitrogens is 2. The summed E-state index contributed by atoms with van der Waals surface area (Å²) in [5, 5.41) is 0.522. The summed E-state index contributed by atoms with van der Waals surface area (Å²) in [6, 6.07) is 3.06. The third-order valence-corrected chi connectivity index (χ3v) is 5.26. The van der Waals surface area contributed by atoms with Crippen LogP contribution in [-0.4, -0.2) is 52.4 Å². The van der Waals surface area contributed by atoms with Gasteiger partial charge in [-0.05, 0) is 23.7 Å². The quantitative estimate of drug-likeness (QED) is 0.486. The molecule has 1 aromatic heterocycles. The fraction of sp³-hybridized carbons (Fsp3) is 0.444. The lowest BCUT2D eigenvalue weighted by Crippen LogP contribution is -2.55. The molecule has 162 valence electrons. The molecular weight excluding hydrogens is 463 g/mol. The van der Waals surface area contributed by atoms with E-state index in [0.29, 0.717) is 11.0 Å². The molecule has 1 aliphatic heterocycles. The molecule has 9 nitrogen and oxygen atoms in total. The minimum Gasteiger partial charge on any atom is -0.456 e. The van der Waals surface area contributed by atoms with Crippen molar-refractivity contribution >= 4 is 63.7 Å². The third-order valence-electron chi connectivity index (χ3n) is 4.27. The van der Waals surface area contributed by atoms with Crippen molar-refractivity contribution in [3.05, 3.63) is 27.5 Å². The Morgan fingerprint density at radius 2 is 1.53 bits per heavy atom. The number of imidazole rings is 1. The number of carbonyl (C=O) groups excluding carboxylic acids is 3.